The van der Waals surface area contributed by atoms with Gasteiger partial charge in [-0.3, -0.25) is 9.59 Å². The second kappa shape index (κ2) is 9.16. The third-order valence-electron chi connectivity index (χ3n) is 5.61. The molecule has 0 spiro atoms. The van der Waals surface area contributed by atoms with Gasteiger partial charge in [-0.15, -0.1) is 0 Å². The lowest BCUT2D eigenvalue weighted by molar-refractivity contribution is 0.0600. The van der Waals surface area contributed by atoms with E-state index in [4.69, 9.17) is 19.9 Å². The van der Waals surface area contributed by atoms with E-state index in [1.54, 1.807) is 60.7 Å². The molecule has 7 heteroatoms. The number of ketones is 1. The van der Waals surface area contributed by atoms with Crippen LogP contribution in [0.1, 0.15) is 60.3 Å². The van der Waals surface area contributed by atoms with Gasteiger partial charge in [0.15, 0.2) is 5.78 Å². The summed E-state index contributed by atoms with van der Waals surface area (Å²) in [6, 6.07) is 17.2. The van der Waals surface area contributed by atoms with Crippen molar-refractivity contribution in [2.75, 3.05) is 13.7 Å². The summed E-state index contributed by atoms with van der Waals surface area (Å²) in [6.45, 7) is 2.18. The van der Waals surface area contributed by atoms with Gasteiger partial charge < -0.3 is 19.9 Å². The van der Waals surface area contributed by atoms with Crippen molar-refractivity contribution in [2.45, 2.75) is 19.4 Å². The first-order chi connectivity index (χ1) is 15.9. The lowest BCUT2D eigenvalue weighted by atomic mass is 9.98. The summed E-state index contributed by atoms with van der Waals surface area (Å²) in [6.07, 6.45) is -0.205. The number of primary amides is 1. The summed E-state index contributed by atoms with van der Waals surface area (Å²) in [5.74, 6) is 0.186. The van der Waals surface area contributed by atoms with Crippen LogP contribution in [0.15, 0.2) is 60.7 Å². The smallest absolute Gasteiger partial charge is 0.337 e. The Kier molecular flexibility index (Phi) is 6.13. The lowest BCUT2D eigenvalue weighted by Crippen LogP contribution is -2.17. The Balaban J connectivity index is 1.74. The number of esters is 1. The number of methoxy groups -OCH3 is 1. The Bertz CT molecular complexity index is 1210. The third kappa shape index (κ3) is 4.43. The zero-order valence-electron chi connectivity index (χ0n) is 18.3. The van der Waals surface area contributed by atoms with Crippen LogP contribution in [0.4, 0.5) is 0 Å². The molecule has 0 fully saturated rings. The highest BCUT2D eigenvalue weighted by Gasteiger charge is 2.25. The number of fused-ring (bicyclic) bond motifs is 1. The molecule has 0 saturated carbocycles. The number of Topliss-reactive ketones (excluding diaryl/α,β-unsaturated/α-hetero) is 1. The van der Waals surface area contributed by atoms with Crippen LogP contribution in [-0.4, -0.2) is 31.4 Å². The average Bonchev–Trinajstić information content (AvgIpc) is 2.84. The molecule has 1 amide bonds. The zero-order chi connectivity index (χ0) is 23.5. The molecule has 0 unspecified atom stereocenters. The highest BCUT2D eigenvalue weighted by molar-refractivity contribution is 6.00. The van der Waals surface area contributed by atoms with Gasteiger partial charge in [-0.25, -0.2) is 4.79 Å². The first kappa shape index (κ1) is 22.1. The number of nitrogens with two attached hydrogens (primary N) is 1. The number of amides is 1. The Hall–Kier alpha value is -4.13. The average molecular weight is 445 g/mol. The fourth-order valence-electron chi connectivity index (χ4n) is 3.78. The summed E-state index contributed by atoms with van der Waals surface area (Å²) in [5, 5.41) is 0. The minimum Gasteiger partial charge on any atom is -0.492 e. The molecular formula is C26H23NO6. The van der Waals surface area contributed by atoms with Crippen molar-refractivity contribution in [3.05, 3.63) is 94.0 Å². The van der Waals surface area contributed by atoms with E-state index in [9.17, 15) is 14.4 Å². The van der Waals surface area contributed by atoms with Crippen molar-refractivity contribution < 1.29 is 28.6 Å². The van der Waals surface area contributed by atoms with Crippen LogP contribution in [-0.2, 0) is 4.74 Å². The molecule has 4 rings (SSSR count). The molecule has 0 radical (unpaired) electrons. The van der Waals surface area contributed by atoms with E-state index in [-0.39, 0.29) is 5.78 Å². The normalized spacial score (nSPS) is 13.5. The molecule has 1 aliphatic heterocycles. The number of carbonyl (C=O) groups excluding carboxylic acids is 3. The largest absolute Gasteiger partial charge is 0.492 e. The van der Waals surface area contributed by atoms with Crippen molar-refractivity contribution >= 4 is 17.7 Å². The highest BCUT2D eigenvalue weighted by atomic mass is 16.5. The highest BCUT2D eigenvalue weighted by Crippen LogP contribution is 2.38. The molecular weight excluding hydrogens is 422 g/mol. The molecule has 3 aromatic rings. The minimum atomic E-state index is -0.560. The second-order valence-corrected chi connectivity index (χ2v) is 7.68. The van der Waals surface area contributed by atoms with Crippen molar-refractivity contribution in [2.24, 2.45) is 5.73 Å². The van der Waals surface area contributed by atoms with Gasteiger partial charge in [0.05, 0.1) is 24.8 Å². The van der Waals surface area contributed by atoms with E-state index >= 15 is 0 Å². The predicted octanol–water partition coefficient (Wildman–Crippen LogP) is 4.01. The topological polar surface area (TPSA) is 105 Å². The molecule has 1 aliphatic rings. The second-order valence-electron chi connectivity index (χ2n) is 7.68. The van der Waals surface area contributed by atoms with Gasteiger partial charge in [0.1, 0.15) is 17.6 Å². The lowest BCUT2D eigenvalue weighted by Gasteiger charge is -2.24. The van der Waals surface area contributed by atoms with Gasteiger partial charge in [0, 0.05) is 17.5 Å². The van der Waals surface area contributed by atoms with Crippen molar-refractivity contribution in [3.63, 3.8) is 0 Å². The Morgan fingerprint density at radius 3 is 2.12 bits per heavy atom. The molecule has 2 N–H and O–H groups in total. The van der Waals surface area contributed by atoms with Crippen LogP contribution in [0.25, 0.3) is 0 Å². The molecule has 0 aliphatic carbocycles. The van der Waals surface area contributed by atoms with Crippen LogP contribution >= 0.6 is 0 Å². The van der Waals surface area contributed by atoms with Crippen molar-refractivity contribution in [1.82, 2.24) is 0 Å². The summed E-state index contributed by atoms with van der Waals surface area (Å²) in [5.41, 5.74) is 9.01. The number of carbonyl (C=O) groups is 3. The van der Waals surface area contributed by atoms with Gasteiger partial charge in [-0.1, -0.05) is 24.3 Å². The predicted molar refractivity (Wildman–Crippen MR) is 121 cm³/mol. The quantitative estimate of drug-likeness (QED) is 0.575. The molecule has 0 aromatic heterocycles. The Morgan fingerprint density at radius 2 is 1.55 bits per heavy atom. The SMILES string of the molecule is COC(=O)c1ccc([C@H](Oc2ccc3c(c2C)OCCC3=O)c2ccc(C(N)=O)cc2)cc1. The summed E-state index contributed by atoms with van der Waals surface area (Å²) < 4.78 is 16.9. The molecule has 1 heterocycles. The number of ether oxygens (including phenoxy) is 3. The molecule has 0 bridgehead atoms. The fraction of sp³-hybridized carbons (Fsp3) is 0.192. The zero-order valence-corrected chi connectivity index (χ0v) is 18.3. The fourth-order valence-corrected chi connectivity index (χ4v) is 3.78. The van der Waals surface area contributed by atoms with Crippen LogP contribution < -0.4 is 15.2 Å². The van der Waals surface area contributed by atoms with E-state index in [0.717, 1.165) is 16.7 Å². The number of benzene rings is 3. The molecule has 168 valence electrons. The molecule has 33 heavy (non-hydrogen) atoms. The Morgan fingerprint density at radius 1 is 0.939 bits per heavy atom. The number of hydrogen-bond acceptors (Lipinski definition) is 6. The van der Waals surface area contributed by atoms with Crippen LogP contribution in [0, 0.1) is 6.92 Å². The van der Waals surface area contributed by atoms with Gasteiger partial charge in [-0.2, -0.15) is 0 Å². The number of hydrogen-bond donors (Lipinski definition) is 1. The maximum absolute atomic E-state index is 12.2. The van der Waals surface area contributed by atoms with Crippen molar-refractivity contribution in [3.8, 4) is 11.5 Å². The molecule has 1 atom stereocenters. The standard InChI is InChI=1S/C26H23NO6/c1-15-22(12-11-20-21(28)13-14-32-23(15)20)33-24(16-3-7-18(8-4-16)25(27)29)17-5-9-19(10-6-17)26(30)31-2/h3-12,24H,13-14H2,1-2H3,(H2,27,29)/t24-/m1/s1. The maximum Gasteiger partial charge on any atom is 0.337 e. The monoisotopic (exact) mass is 445 g/mol. The van der Waals surface area contributed by atoms with Crippen molar-refractivity contribution in [1.29, 1.82) is 0 Å². The third-order valence-corrected chi connectivity index (χ3v) is 5.61. The molecule has 7 nitrogen and oxygen atoms in total. The summed E-state index contributed by atoms with van der Waals surface area (Å²) in [4.78, 5) is 35.5. The molecule has 3 aromatic carbocycles. The Labute approximate surface area is 191 Å². The van der Waals surface area contributed by atoms with Gasteiger partial charge in [0.25, 0.3) is 0 Å². The first-order valence-electron chi connectivity index (χ1n) is 10.4. The van der Waals surface area contributed by atoms with E-state index in [1.165, 1.54) is 7.11 Å². The van der Waals surface area contributed by atoms with E-state index in [0.29, 0.717) is 41.2 Å². The van der Waals surface area contributed by atoms with Gasteiger partial charge in [0.2, 0.25) is 5.91 Å². The summed E-state index contributed by atoms with van der Waals surface area (Å²) >= 11 is 0. The van der Waals surface area contributed by atoms with E-state index < -0.39 is 18.0 Å². The van der Waals surface area contributed by atoms with Gasteiger partial charge >= 0.3 is 5.97 Å². The molecule has 0 saturated heterocycles. The van der Waals surface area contributed by atoms with E-state index in [2.05, 4.69) is 0 Å². The maximum atomic E-state index is 12.2. The summed E-state index contributed by atoms with van der Waals surface area (Å²) in [7, 11) is 1.33. The number of rotatable bonds is 6. The van der Waals surface area contributed by atoms with Gasteiger partial charge in [-0.05, 0) is 54.4 Å². The van der Waals surface area contributed by atoms with Crippen LogP contribution in [0.2, 0.25) is 0 Å². The van der Waals surface area contributed by atoms with E-state index in [1.807, 2.05) is 6.92 Å². The van der Waals surface area contributed by atoms with Crippen LogP contribution in [0.5, 0.6) is 11.5 Å². The van der Waals surface area contributed by atoms with Crippen LogP contribution in [0.3, 0.4) is 0 Å². The minimum absolute atomic E-state index is 0.0443. The first-order valence-corrected chi connectivity index (χ1v) is 10.4.